The Morgan fingerprint density at radius 2 is 1.88 bits per heavy atom. The van der Waals surface area contributed by atoms with E-state index in [0.29, 0.717) is 21.6 Å². The Kier molecular flexibility index (Phi) is 4.29. The highest BCUT2D eigenvalue weighted by atomic mass is 35.5. The third-order valence-electron chi connectivity index (χ3n) is 3.62. The van der Waals surface area contributed by atoms with E-state index in [1.165, 1.54) is 11.8 Å². The van der Waals surface area contributed by atoms with Crippen LogP contribution in [0.2, 0.25) is 5.02 Å². The van der Waals surface area contributed by atoms with Crippen LogP contribution in [0.4, 0.5) is 5.95 Å². The van der Waals surface area contributed by atoms with Gasteiger partial charge in [-0.1, -0.05) is 35.5 Å². The molecular formula is C18H12ClN3O2S. The first-order valence-electron chi connectivity index (χ1n) is 7.50. The molecule has 1 saturated heterocycles. The minimum atomic E-state index is -0.344. The summed E-state index contributed by atoms with van der Waals surface area (Å²) in [5, 5.41) is 0.309. The second kappa shape index (κ2) is 6.74. The number of carbonyl (C=O) groups is 1. The molecule has 1 fully saturated rings. The maximum Gasteiger partial charge on any atom is 0.268 e. The lowest BCUT2D eigenvalue weighted by molar-refractivity contribution is -0.114. The molecule has 0 aliphatic carbocycles. The van der Waals surface area contributed by atoms with E-state index in [0.717, 1.165) is 5.56 Å². The lowest BCUT2D eigenvalue weighted by atomic mass is 10.2. The first kappa shape index (κ1) is 15.9. The van der Waals surface area contributed by atoms with E-state index in [1.54, 1.807) is 47.8 Å². The maximum absolute atomic E-state index is 13.0. The third-order valence-corrected chi connectivity index (χ3v) is 5.09. The number of nitrogens with zero attached hydrogens (tertiary/aromatic N) is 3. The van der Waals surface area contributed by atoms with E-state index in [2.05, 4.69) is 9.97 Å². The molecule has 3 heterocycles. The van der Waals surface area contributed by atoms with Crippen molar-refractivity contribution in [1.29, 1.82) is 0 Å². The highest BCUT2D eigenvalue weighted by Crippen LogP contribution is 2.47. The molecule has 1 aromatic carbocycles. The van der Waals surface area contributed by atoms with Gasteiger partial charge in [0.2, 0.25) is 5.95 Å². The molecule has 7 heteroatoms. The van der Waals surface area contributed by atoms with E-state index in [9.17, 15) is 4.79 Å². The SMILES string of the molecule is O=C1C(=Cc2ccc(Cl)cc2)SC(c2ccco2)N1c1ncccn1. The first-order chi connectivity index (χ1) is 12.2. The van der Waals surface area contributed by atoms with Gasteiger partial charge in [0.05, 0.1) is 11.2 Å². The van der Waals surface area contributed by atoms with Gasteiger partial charge < -0.3 is 4.42 Å². The highest BCUT2D eigenvalue weighted by molar-refractivity contribution is 8.05. The molecule has 1 aliphatic rings. The van der Waals surface area contributed by atoms with Crippen LogP contribution in [0.1, 0.15) is 16.7 Å². The minimum absolute atomic E-state index is 0.160. The fourth-order valence-electron chi connectivity index (χ4n) is 2.48. The quantitative estimate of drug-likeness (QED) is 0.634. The number of halogens is 1. The molecule has 3 aromatic rings. The molecule has 5 nitrogen and oxygen atoms in total. The molecule has 0 bridgehead atoms. The Morgan fingerprint density at radius 1 is 1.12 bits per heavy atom. The Balaban J connectivity index is 1.74. The molecule has 1 amide bonds. The van der Waals surface area contributed by atoms with Crippen molar-refractivity contribution in [2.45, 2.75) is 5.37 Å². The lowest BCUT2D eigenvalue weighted by Gasteiger charge is -2.18. The van der Waals surface area contributed by atoms with Crippen LogP contribution in [-0.2, 0) is 4.79 Å². The molecule has 1 unspecified atom stereocenters. The third kappa shape index (κ3) is 3.18. The zero-order valence-electron chi connectivity index (χ0n) is 12.9. The second-order valence-corrected chi connectivity index (χ2v) is 6.83. The number of carbonyl (C=O) groups excluding carboxylic acids is 1. The average molecular weight is 370 g/mol. The number of furan rings is 1. The molecule has 4 rings (SSSR count). The van der Waals surface area contributed by atoms with Gasteiger partial charge in [0, 0.05) is 17.4 Å². The number of amides is 1. The fraction of sp³-hybridized carbons (Fsp3) is 0.0556. The zero-order chi connectivity index (χ0) is 17.2. The summed E-state index contributed by atoms with van der Waals surface area (Å²) in [6.07, 6.45) is 6.65. The number of aromatic nitrogens is 2. The Morgan fingerprint density at radius 3 is 2.56 bits per heavy atom. The Labute approximate surface area is 153 Å². The van der Waals surface area contributed by atoms with Gasteiger partial charge in [0.15, 0.2) is 0 Å². The van der Waals surface area contributed by atoms with E-state index in [-0.39, 0.29) is 11.3 Å². The zero-order valence-corrected chi connectivity index (χ0v) is 14.4. The van der Waals surface area contributed by atoms with Gasteiger partial charge in [0.1, 0.15) is 11.1 Å². The molecule has 0 saturated carbocycles. The van der Waals surface area contributed by atoms with Crippen molar-refractivity contribution in [3.8, 4) is 0 Å². The van der Waals surface area contributed by atoms with Crippen molar-refractivity contribution < 1.29 is 9.21 Å². The number of benzene rings is 1. The van der Waals surface area contributed by atoms with E-state index in [4.69, 9.17) is 16.0 Å². The molecule has 124 valence electrons. The predicted molar refractivity (Wildman–Crippen MR) is 98.0 cm³/mol. The Bertz CT molecular complexity index is 911. The molecule has 2 aromatic heterocycles. The summed E-state index contributed by atoms with van der Waals surface area (Å²) in [6.45, 7) is 0. The maximum atomic E-state index is 13.0. The summed E-state index contributed by atoms with van der Waals surface area (Å²) < 4.78 is 5.52. The molecule has 0 radical (unpaired) electrons. The van der Waals surface area contributed by atoms with Crippen molar-refractivity contribution in [2.24, 2.45) is 0 Å². The fourth-order valence-corrected chi connectivity index (χ4v) is 3.80. The van der Waals surface area contributed by atoms with Gasteiger partial charge in [-0.2, -0.15) is 0 Å². The second-order valence-electron chi connectivity index (χ2n) is 5.27. The average Bonchev–Trinajstić information content (AvgIpc) is 3.26. The van der Waals surface area contributed by atoms with E-state index < -0.39 is 0 Å². The normalized spacial score (nSPS) is 18.9. The standard InChI is InChI=1S/C18H12ClN3O2S/c19-13-6-4-12(5-7-13)11-15-16(23)22(18-20-8-2-9-21-18)17(25-15)14-3-1-10-24-14/h1-11,17H. The summed E-state index contributed by atoms with van der Waals surface area (Å²) in [5.74, 6) is 0.860. The molecule has 0 spiro atoms. The molecule has 25 heavy (non-hydrogen) atoms. The predicted octanol–water partition coefficient (Wildman–Crippen LogP) is 4.54. The van der Waals surface area contributed by atoms with Gasteiger partial charge in [-0.05, 0) is 42.0 Å². The minimum Gasteiger partial charge on any atom is -0.466 e. The monoisotopic (exact) mass is 369 g/mol. The summed E-state index contributed by atoms with van der Waals surface area (Å²) in [7, 11) is 0. The van der Waals surface area contributed by atoms with Crippen LogP contribution in [0.3, 0.4) is 0 Å². The van der Waals surface area contributed by atoms with Crippen LogP contribution in [0.25, 0.3) is 6.08 Å². The van der Waals surface area contributed by atoms with Crippen molar-refractivity contribution in [3.63, 3.8) is 0 Å². The van der Waals surface area contributed by atoms with Crippen LogP contribution in [0, 0.1) is 0 Å². The topological polar surface area (TPSA) is 59.2 Å². The van der Waals surface area contributed by atoms with Crippen LogP contribution in [0.5, 0.6) is 0 Å². The smallest absolute Gasteiger partial charge is 0.268 e. The number of anilines is 1. The summed E-state index contributed by atoms with van der Waals surface area (Å²) in [5.41, 5.74) is 0.897. The first-order valence-corrected chi connectivity index (χ1v) is 8.76. The summed E-state index contributed by atoms with van der Waals surface area (Å²) in [4.78, 5) is 23.5. The number of thioether (sulfide) groups is 1. The van der Waals surface area contributed by atoms with Crippen LogP contribution in [-0.4, -0.2) is 15.9 Å². The number of rotatable bonds is 3. The lowest BCUT2D eigenvalue weighted by Crippen LogP contribution is -2.28. The van der Waals surface area contributed by atoms with E-state index >= 15 is 0 Å². The molecule has 1 atom stereocenters. The van der Waals surface area contributed by atoms with Crippen LogP contribution in [0.15, 0.2) is 70.4 Å². The summed E-state index contributed by atoms with van der Waals surface area (Å²) in [6, 6.07) is 12.7. The number of hydrogen-bond acceptors (Lipinski definition) is 5. The summed E-state index contributed by atoms with van der Waals surface area (Å²) >= 11 is 7.33. The molecule has 0 N–H and O–H groups in total. The van der Waals surface area contributed by atoms with Gasteiger partial charge in [-0.25, -0.2) is 9.97 Å². The van der Waals surface area contributed by atoms with Gasteiger partial charge >= 0.3 is 0 Å². The largest absolute Gasteiger partial charge is 0.466 e. The van der Waals surface area contributed by atoms with Gasteiger partial charge in [-0.3, -0.25) is 9.69 Å². The highest BCUT2D eigenvalue weighted by Gasteiger charge is 2.41. The van der Waals surface area contributed by atoms with Crippen LogP contribution < -0.4 is 4.90 Å². The Hall–Kier alpha value is -2.57. The molecular weight excluding hydrogens is 358 g/mol. The number of hydrogen-bond donors (Lipinski definition) is 0. The van der Waals surface area contributed by atoms with Crippen molar-refractivity contribution in [2.75, 3.05) is 4.90 Å². The van der Waals surface area contributed by atoms with Gasteiger partial charge in [-0.15, -0.1) is 0 Å². The molecule has 1 aliphatic heterocycles. The van der Waals surface area contributed by atoms with Crippen molar-refractivity contribution in [3.05, 3.63) is 82.4 Å². The van der Waals surface area contributed by atoms with Crippen molar-refractivity contribution in [1.82, 2.24) is 9.97 Å². The van der Waals surface area contributed by atoms with Crippen molar-refractivity contribution >= 4 is 41.3 Å². The van der Waals surface area contributed by atoms with Gasteiger partial charge in [0.25, 0.3) is 5.91 Å². The van der Waals surface area contributed by atoms with Crippen LogP contribution >= 0.6 is 23.4 Å². The van der Waals surface area contributed by atoms with E-state index in [1.807, 2.05) is 24.3 Å².